The van der Waals surface area contributed by atoms with Crippen LogP contribution in [0.3, 0.4) is 0 Å². The van der Waals surface area contributed by atoms with Crippen LogP contribution in [-0.4, -0.2) is 67.5 Å². The predicted molar refractivity (Wildman–Crippen MR) is 122 cm³/mol. The average molecular weight is 500 g/mol. The van der Waals surface area contributed by atoms with Crippen LogP contribution in [0.4, 0.5) is 13.2 Å². The number of aliphatic carboxylic acids is 1. The average Bonchev–Trinajstić information content (AvgIpc) is 3.51. The van der Waals surface area contributed by atoms with Gasteiger partial charge in [-0.15, -0.1) is 0 Å². The Morgan fingerprint density at radius 3 is 2.28 bits per heavy atom. The van der Waals surface area contributed by atoms with Gasteiger partial charge in [-0.25, -0.2) is 4.79 Å². The normalized spacial score (nSPS) is 18.7. The number of benzene rings is 1. The lowest BCUT2D eigenvalue weighted by atomic mass is 10.1. The van der Waals surface area contributed by atoms with Gasteiger partial charge >= 0.3 is 12.1 Å². The second kappa shape index (κ2) is 10.2. The zero-order chi connectivity index (χ0) is 25.9. The van der Waals surface area contributed by atoms with E-state index in [9.17, 15) is 22.8 Å². The number of rotatable bonds is 4. The number of carbonyl (C=O) groups excluding carboxylic acids is 2. The molecule has 0 aliphatic carbocycles. The summed E-state index contributed by atoms with van der Waals surface area (Å²) in [5.41, 5.74) is 2.55. The molecule has 5 rings (SSSR count). The zero-order valence-corrected chi connectivity index (χ0v) is 19.0. The van der Waals surface area contributed by atoms with E-state index < -0.39 is 12.1 Å². The largest absolute Gasteiger partial charge is 0.490 e. The second-order valence-electron chi connectivity index (χ2n) is 8.45. The van der Waals surface area contributed by atoms with Crippen molar-refractivity contribution in [3.05, 3.63) is 90.0 Å². The van der Waals surface area contributed by atoms with Crippen LogP contribution in [0.2, 0.25) is 0 Å². The summed E-state index contributed by atoms with van der Waals surface area (Å²) >= 11 is 0. The van der Waals surface area contributed by atoms with Gasteiger partial charge in [-0.1, -0.05) is 36.4 Å². The summed E-state index contributed by atoms with van der Waals surface area (Å²) < 4.78 is 33.8. The standard InChI is InChI=1S/C23H22N4O2.C2HF3O2/c28-22(13-17-7-2-1-3-8-17)25-15-20-21(16-25)27(14-18-9-4-5-11-24-18)23(29)19-10-6-12-26(19)20;3-2(4,5)1(6)7/h1-12,20-21H,13-16H2;(H,6,7)/t20-,21+;/m0./s1. The summed E-state index contributed by atoms with van der Waals surface area (Å²) in [4.78, 5) is 43.2. The van der Waals surface area contributed by atoms with Gasteiger partial charge in [0.15, 0.2) is 0 Å². The minimum atomic E-state index is -5.08. The van der Waals surface area contributed by atoms with E-state index in [1.807, 2.05) is 81.2 Å². The summed E-state index contributed by atoms with van der Waals surface area (Å²) in [5.74, 6) is -2.66. The van der Waals surface area contributed by atoms with E-state index in [-0.39, 0.29) is 23.9 Å². The van der Waals surface area contributed by atoms with Crippen LogP contribution in [0, 0.1) is 0 Å². The minimum absolute atomic E-state index is 0.000684. The molecule has 0 unspecified atom stereocenters. The number of fused-ring (bicyclic) bond motifs is 3. The number of nitrogens with zero attached hydrogens (tertiary/aromatic N) is 4. The highest BCUT2D eigenvalue weighted by molar-refractivity contribution is 5.94. The number of aromatic nitrogens is 2. The van der Waals surface area contributed by atoms with Crippen molar-refractivity contribution in [2.45, 2.75) is 31.2 Å². The van der Waals surface area contributed by atoms with E-state index in [1.54, 1.807) is 6.20 Å². The maximum absolute atomic E-state index is 13.2. The second-order valence-corrected chi connectivity index (χ2v) is 8.45. The Kier molecular flexibility index (Phi) is 7.09. The molecular formula is C25H23F3N4O4. The van der Waals surface area contributed by atoms with Crippen LogP contribution in [0.25, 0.3) is 0 Å². The molecule has 0 spiro atoms. The molecule has 1 N–H and O–H groups in total. The molecule has 0 bridgehead atoms. The molecule has 2 amide bonds. The van der Waals surface area contributed by atoms with Gasteiger partial charge in [0.2, 0.25) is 5.91 Å². The SMILES string of the molecule is O=C(Cc1ccccc1)N1C[C@@H]2[C@H](C1)n1cccc1C(=O)N2Cc1ccccn1.O=C(O)C(F)(F)F. The first-order chi connectivity index (χ1) is 17.1. The summed E-state index contributed by atoms with van der Waals surface area (Å²) in [6.07, 6.45) is -1.00. The highest BCUT2D eigenvalue weighted by atomic mass is 19.4. The lowest BCUT2D eigenvalue weighted by Gasteiger charge is -2.37. The highest BCUT2D eigenvalue weighted by Gasteiger charge is 2.46. The molecule has 0 radical (unpaired) electrons. The quantitative estimate of drug-likeness (QED) is 0.594. The molecule has 4 heterocycles. The summed E-state index contributed by atoms with van der Waals surface area (Å²) in [6.45, 7) is 1.61. The Balaban J connectivity index is 0.000000384. The van der Waals surface area contributed by atoms with Gasteiger partial charge in [0, 0.05) is 25.5 Å². The molecule has 1 fully saturated rings. The Bertz CT molecular complexity index is 1230. The van der Waals surface area contributed by atoms with Gasteiger partial charge in [-0.05, 0) is 29.8 Å². The number of carboxylic acids is 1. The predicted octanol–water partition coefficient (Wildman–Crippen LogP) is 3.17. The van der Waals surface area contributed by atoms with Crippen LogP contribution in [0.15, 0.2) is 73.1 Å². The topological polar surface area (TPSA) is 95.7 Å². The van der Waals surface area contributed by atoms with E-state index in [1.165, 1.54) is 0 Å². The molecule has 2 aliphatic rings. The first kappa shape index (κ1) is 25.0. The van der Waals surface area contributed by atoms with Crippen molar-refractivity contribution in [1.29, 1.82) is 0 Å². The van der Waals surface area contributed by atoms with Crippen molar-refractivity contribution in [1.82, 2.24) is 19.4 Å². The Labute approximate surface area is 204 Å². The first-order valence-electron chi connectivity index (χ1n) is 11.1. The maximum atomic E-state index is 13.2. The summed E-state index contributed by atoms with van der Waals surface area (Å²) in [5, 5.41) is 7.12. The van der Waals surface area contributed by atoms with E-state index >= 15 is 0 Å². The van der Waals surface area contributed by atoms with Crippen molar-refractivity contribution < 1.29 is 32.7 Å². The van der Waals surface area contributed by atoms with E-state index in [2.05, 4.69) is 4.98 Å². The molecule has 1 saturated heterocycles. The first-order valence-corrected chi connectivity index (χ1v) is 11.1. The lowest BCUT2D eigenvalue weighted by Crippen LogP contribution is -2.50. The van der Waals surface area contributed by atoms with Crippen molar-refractivity contribution in [2.24, 2.45) is 0 Å². The molecule has 0 saturated carbocycles. The van der Waals surface area contributed by atoms with Crippen molar-refractivity contribution in [3.63, 3.8) is 0 Å². The van der Waals surface area contributed by atoms with Crippen molar-refractivity contribution >= 4 is 17.8 Å². The Morgan fingerprint density at radius 2 is 1.64 bits per heavy atom. The Morgan fingerprint density at radius 1 is 0.972 bits per heavy atom. The van der Waals surface area contributed by atoms with Crippen LogP contribution in [-0.2, 0) is 22.6 Å². The number of carbonyl (C=O) groups is 3. The third-order valence-corrected chi connectivity index (χ3v) is 6.13. The van der Waals surface area contributed by atoms with Crippen LogP contribution in [0.1, 0.15) is 27.8 Å². The smallest absolute Gasteiger partial charge is 0.475 e. The number of alkyl halides is 3. The zero-order valence-electron chi connectivity index (χ0n) is 19.0. The number of amides is 2. The van der Waals surface area contributed by atoms with Gasteiger partial charge in [-0.2, -0.15) is 13.2 Å². The van der Waals surface area contributed by atoms with Gasteiger partial charge in [0.25, 0.3) is 5.91 Å². The molecule has 2 aliphatic heterocycles. The fourth-order valence-electron chi connectivity index (χ4n) is 4.45. The monoisotopic (exact) mass is 500 g/mol. The van der Waals surface area contributed by atoms with Gasteiger partial charge in [0.05, 0.1) is 30.7 Å². The van der Waals surface area contributed by atoms with Crippen LogP contribution in [0.5, 0.6) is 0 Å². The van der Waals surface area contributed by atoms with Crippen LogP contribution >= 0.6 is 0 Å². The van der Waals surface area contributed by atoms with Crippen LogP contribution < -0.4 is 0 Å². The summed E-state index contributed by atoms with van der Waals surface area (Å²) in [6, 6.07) is 19.3. The number of carboxylic acid groups (broad SMARTS) is 1. The number of hydrogen-bond donors (Lipinski definition) is 1. The van der Waals surface area contributed by atoms with E-state index in [0.717, 1.165) is 11.3 Å². The molecule has 8 nitrogen and oxygen atoms in total. The van der Waals surface area contributed by atoms with Gasteiger partial charge < -0.3 is 19.5 Å². The molecule has 2 atom stereocenters. The fraction of sp³-hybridized carbons (Fsp3) is 0.280. The van der Waals surface area contributed by atoms with Crippen molar-refractivity contribution in [2.75, 3.05) is 13.1 Å². The molecule has 3 aromatic rings. The number of hydrogen-bond acceptors (Lipinski definition) is 4. The summed E-state index contributed by atoms with van der Waals surface area (Å²) in [7, 11) is 0. The van der Waals surface area contributed by atoms with Crippen molar-refractivity contribution in [3.8, 4) is 0 Å². The third kappa shape index (κ3) is 5.40. The maximum Gasteiger partial charge on any atom is 0.490 e. The highest BCUT2D eigenvalue weighted by Crippen LogP contribution is 2.34. The lowest BCUT2D eigenvalue weighted by molar-refractivity contribution is -0.192. The molecule has 1 aromatic carbocycles. The number of likely N-dealkylation sites (tertiary alicyclic amines) is 1. The Hall–Kier alpha value is -4.15. The number of halogens is 3. The third-order valence-electron chi connectivity index (χ3n) is 6.13. The molecule has 11 heteroatoms. The van der Waals surface area contributed by atoms with Gasteiger partial charge in [0.1, 0.15) is 5.69 Å². The molecule has 188 valence electrons. The number of pyridine rings is 1. The minimum Gasteiger partial charge on any atom is -0.475 e. The molecule has 2 aromatic heterocycles. The van der Waals surface area contributed by atoms with E-state index in [0.29, 0.717) is 31.7 Å². The van der Waals surface area contributed by atoms with E-state index in [4.69, 9.17) is 9.90 Å². The fourth-order valence-corrected chi connectivity index (χ4v) is 4.45. The van der Waals surface area contributed by atoms with Gasteiger partial charge in [-0.3, -0.25) is 14.6 Å². The molecule has 36 heavy (non-hydrogen) atoms. The molecular weight excluding hydrogens is 477 g/mol.